The van der Waals surface area contributed by atoms with E-state index in [1.807, 2.05) is 6.07 Å². The van der Waals surface area contributed by atoms with Crippen molar-refractivity contribution in [2.45, 2.75) is 0 Å². The normalized spacial score (nSPS) is 10.8. The summed E-state index contributed by atoms with van der Waals surface area (Å²) < 4.78 is 31.9. The van der Waals surface area contributed by atoms with Gasteiger partial charge in [0.1, 0.15) is 0 Å². The number of benzene rings is 3. The summed E-state index contributed by atoms with van der Waals surface area (Å²) in [7, 11) is 0. The molecule has 4 aromatic rings. The standard InChI is InChI=1S/C22H13F2NO3/c23-17-11-10-14(12-18(17)24)25-21(26)20-19(13-6-2-1-3-7-13)15-8-4-5-9-16(15)22(27)28-20/h1-12H,(H,25,26). The van der Waals surface area contributed by atoms with Gasteiger partial charge in [0.15, 0.2) is 11.6 Å². The first-order valence-electron chi connectivity index (χ1n) is 8.42. The molecule has 4 nitrogen and oxygen atoms in total. The van der Waals surface area contributed by atoms with Crippen LogP contribution in [0.25, 0.3) is 21.9 Å². The molecule has 4 rings (SSSR count). The zero-order chi connectivity index (χ0) is 19.7. The van der Waals surface area contributed by atoms with E-state index in [0.717, 1.165) is 12.1 Å². The number of halogens is 2. The van der Waals surface area contributed by atoms with Gasteiger partial charge >= 0.3 is 5.63 Å². The summed E-state index contributed by atoms with van der Waals surface area (Å²) in [6, 6.07) is 18.8. The van der Waals surface area contributed by atoms with Gasteiger partial charge in [-0.3, -0.25) is 4.79 Å². The van der Waals surface area contributed by atoms with Crippen LogP contribution in [0.15, 0.2) is 82.0 Å². The first-order valence-corrected chi connectivity index (χ1v) is 8.42. The van der Waals surface area contributed by atoms with Gasteiger partial charge in [-0.1, -0.05) is 48.5 Å². The molecule has 28 heavy (non-hydrogen) atoms. The summed E-state index contributed by atoms with van der Waals surface area (Å²) in [5.74, 6) is -3.08. The summed E-state index contributed by atoms with van der Waals surface area (Å²) in [6.45, 7) is 0. The molecule has 0 fully saturated rings. The number of carbonyl (C=O) groups is 1. The van der Waals surface area contributed by atoms with E-state index in [2.05, 4.69) is 5.32 Å². The lowest BCUT2D eigenvalue weighted by molar-refractivity contribution is 0.0994. The van der Waals surface area contributed by atoms with E-state index in [4.69, 9.17) is 4.42 Å². The van der Waals surface area contributed by atoms with Gasteiger partial charge in [0.2, 0.25) is 5.76 Å². The van der Waals surface area contributed by atoms with Gasteiger partial charge < -0.3 is 9.73 Å². The smallest absolute Gasteiger partial charge is 0.344 e. The van der Waals surface area contributed by atoms with Crippen molar-refractivity contribution in [2.24, 2.45) is 0 Å². The minimum Gasteiger partial charge on any atom is -0.416 e. The molecule has 0 aliphatic heterocycles. The Labute approximate surface area is 158 Å². The fraction of sp³-hybridized carbons (Fsp3) is 0. The SMILES string of the molecule is O=C(Nc1ccc(F)c(F)c1)c1oc(=O)c2ccccc2c1-c1ccccc1. The number of hydrogen-bond donors (Lipinski definition) is 1. The van der Waals surface area contributed by atoms with Crippen LogP contribution in [-0.2, 0) is 0 Å². The molecule has 1 N–H and O–H groups in total. The zero-order valence-electron chi connectivity index (χ0n) is 14.4. The average Bonchev–Trinajstić information content (AvgIpc) is 2.71. The van der Waals surface area contributed by atoms with E-state index in [-0.39, 0.29) is 11.4 Å². The van der Waals surface area contributed by atoms with Crippen molar-refractivity contribution in [3.63, 3.8) is 0 Å². The first kappa shape index (κ1) is 17.6. The largest absolute Gasteiger partial charge is 0.416 e. The molecule has 0 bridgehead atoms. The van der Waals surface area contributed by atoms with Crippen LogP contribution in [0.5, 0.6) is 0 Å². The molecule has 0 atom stereocenters. The maximum absolute atomic E-state index is 13.4. The lowest BCUT2D eigenvalue weighted by Crippen LogP contribution is -2.17. The quantitative estimate of drug-likeness (QED) is 0.547. The molecule has 0 aliphatic rings. The minimum absolute atomic E-state index is 0.0405. The number of anilines is 1. The van der Waals surface area contributed by atoms with Crippen molar-refractivity contribution in [3.05, 3.63) is 101 Å². The molecular formula is C22H13F2NO3. The lowest BCUT2D eigenvalue weighted by atomic mass is 9.98. The molecule has 1 heterocycles. The molecule has 0 saturated carbocycles. The van der Waals surface area contributed by atoms with E-state index in [0.29, 0.717) is 21.9 Å². The van der Waals surface area contributed by atoms with Crippen molar-refractivity contribution in [3.8, 4) is 11.1 Å². The highest BCUT2D eigenvalue weighted by molar-refractivity contribution is 6.11. The van der Waals surface area contributed by atoms with Gasteiger partial charge in [-0.25, -0.2) is 13.6 Å². The third-order valence-corrected chi connectivity index (χ3v) is 4.28. The minimum atomic E-state index is -1.10. The van der Waals surface area contributed by atoms with Crippen LogP contribution in [0.4, 0.5) is 14.5 Å². The summed E-state index contributed by atoms with van der Waals surface area (Å²) in [6.07, 6.45) is 0. The van der Waals surface area contributed by atoms with Gasteiger partial charge in [-0.05, 0) is 23.8 Å². The van der Waals surface area contributed by atoms with Gasteiger partial charge in [-0.15, -0.1) is 0 Å². The Hall–Kier alpha value is -3.80. The van der Waals surface area contributed by atoms with Gasteiger partial charge in [0.05, 0.1) is 5.39 Å². The van der Waals surface area contributed by atoms with E-state index in [1.54, 1.807) is 48.5 Å². The van der Waals surface area contributed by atoms with Crippen LogP contribution in [0.1, 0.15) is 10.6 Å². The molecule has 0 radical (unpaired) electrons. The van der Waals surface area contributed by atoms with Crippen LogP contribution >= 0.6 is 0 Å². The molecule has 1 aromatic heterocycles. The highest BCUT2D eigenvalue weighted by Crippen LogP contribution is 2.31. The predicted molar refractivity (Wildman–Crippen MR) is 102 cm³/mol. The fourth-order valence-electron chi connectivity index (χ4n) is 3.01. The van der Waals surface area contributed by atoms with Crippen molar-refractivity contribution in [2.75, 3.05) is 5.32 Å². The molecule has 3 aromatic carbocycles. The van der Waals surface area contributed by atoms with Crippen molar-refractivity contribution in [1.29, 1.82) is 0 Å². The predicted octanol–water partition coefficient (Wildman–Crippen LogP) is 4.99. The average molecular weight is 377 g/mol. The molecule has 6 heteroatoms. The highest BCUT2D eigenvalue weighted by atomic mass is 19.2. The number of nitrogens with one attached hydrogen (secondary N) is 1. The monoisotopic (exact) mass is 377 g/mol. The molecule has 138 valence electrons. The van der Waals surface area contributed by atoms with Gasteiger partial charge in [-0.2, -0.15) is 0 Å². The van der Waals surface area contributed by atoms with Crippen molar-refractivity contribution < 1.29 is 18.0 Å². The third kappa shape index (κ3) is 3.16. The number of rotatable bonds is 3. The molecule has 0 spiro atoms. The van der Waals surface area contributed by atoms with Crippen LogP contribution < -0.4 is 10.9 Å². The second kappa shape index (κ2) is 7.08. The second-order valence-electron chi connectivity index (χ2n) is 6.09. The maximum Gasteiger partial charge on any atom is 0.344 e. The summed E-state index contributed by atoms with van der Waals surface area (Å²) >= 11 is 0. The van der Waals surface area contributed by atoms with Crippen LogP contribution in [0, 0.1) is 11.6 Å². The van der Waals surface area contributed by atoms with Crippen molar-refractivity contribution >= 4 is 22.4 Å². The van der Waals surface area contributed by atoms with E-state index >= 15 is 0 Å². The zero-order valence-corrected chi connectivity index (χ0v) is 14.4. The van der Waals surface area contributed by atoms with Crippen LogP contribution in [0.3, 0.4) is 0 Å². The lowest BCUT2D eigenvalue weighted by Gasteiger charge is -2.12. The Bertz CT molecular complexity index is 1250. The molecule has 0 unspecified atom stereocenters. The van der Waals surface area contributed by atoms with E-state index < -0.39 is 23.2 Å². The Morgan fingerprint density at radius 1 is 0.821 bits per heavy atom. The molecule has 1 amide bonds. The highest BCUT2D eigenvalue weighted by Gasteiger charge is 2.21. The fourth-order valence-corrected chi connectivity index (χ4v) is 3.01. The topological polar surface area (TPSA) is 59.3 Å². The Morgan fingerprint density at radius 3 is 2.21 bits per heavy atom. The summed E-state index contributed by atoms with van der Waals surface area (Å²) in [4.78, 5) is 25.2. The van der Waals surface area contributed by atoms with Gasteiger partial charge in [0.25, 0.3) is 5.91 Å². The number of hydrogen-bond acceptors (Lipinski definition) is 3. The van der Waals surface area contributed by atoms with Gasteiger partial charge in [0, 0.05) is 22.7 Å². The first-order chi connectivity index (χ1) is 13.5. The van der Waals surface area contributed by atoms with E-state index in [9.17, 15) is 18.4 Å². The second-order valence-corrected chi connectivity index (χ2v) is 6.09. The molecular weight excluding hydrogens is 364 g/mol. The Kier molecular flexibility index (Phi) is 4.45. The molecule has 0 saturated heterocycles. The van der Waals surface area contributed by atoms with Crippen LogP contribution in [-0.4, -0.2) is 5.91 Å². The summed E-state index contributed by atoms with van der Waals surface area (Å²) in [5, 5.41) is 3.34. The Balaban J connectivity index is 1.89. The van der Waals surface area contributed by atoms with E-state index in [1.165, 1.54) is 6.07 Å². The number of fused-ring (bicyclic) bond motifs is 1. The third-order valence-electron chi connectivity index (χ3n) is 4.28. The summed E-state index contributed by atoms with van der Waals surface area (Å²) in [5.41, 5.74) is 0.498. The van der Waals surface area contributed by atoms with Crippen molar-refractivity contribution in [1.82, 2.24) is 0 Å². The maximum atomic E-state index is 13.4. The number of amides is 1. The van der Waals surface area contributed by atoms with Crippen LogP contribution in [0.2, 0.25) is 0 Å². The molecule has 0 aliphatic carbocycles. The number of carbonyl (C=O) groups excluding carboxylic acids is 1. The Morgan fingerprint density at radius 2 is 1.50 bits per heavy atom.